The van der Waals surface area contributed by atoms with Crippen molar-refractivity contribution in [1.82, 2.24) is 4.98 Å². The van der Waals surface area contributed by atoms with Crippen LogP contribution in [0.1, 0.15) is 20.9 Å². The maximum atomic E-state index is 10.9. The van der Waals surface area contributed by atoms with Crippen LogP contribution >= 0.6 is 22.9 Å². The van der Waals surface area contributed by atoms with Crippen LogP contribution in [-0.4, -0.2) is 16.1 Å². The van der Waals surface area contributed by atoms with Crippen LogP contribution in [0.25, 0.3) is 10.2 Å². The first-order chi connectivity index (χ1) is 7.00. The normalized spacial score (nSPS) is 10.9. The molecule has 1 N–H and O–H groups in total. The van der Waals surface area contributed by atoms with Gasteiger partial charge in [-0.15, -0.1) is 11.3 Å². The first-order valence-corrected chi connectivity index (χ1v) is 5.49. The highest BCUT2D eigenvalue weighted by molar-refractivity contribution is 7.21. The molecule has 0 fully saturated rings. The predicted molar refractivity (Wildman–Crippen MR) is 61.1 cm³/mol. The van der Waals surface area contributed by atoms with Gasteiger partial charge in [0.1, 0.15) is 9.71 Å². The fourth-order valence-corrected chi connectivity index (χ4v) is 2.65. The van der Waals surface area contributed by atoms with Gasteiger partial charge in [-0.25, -0.2) is 9.78 Å². The van der Waals surface area contributed by atoms with E-state index in [0.717, 1.165) is 28.0 Å². The SMILES string of the molecule is Cc1cc2c(Cl)c(C(=O)O)sc2nc1C. The summed E-state index contributed by atoms with van der Waals surface area (Å²) in [7, 11) is 0. The molecule has 5 heteroatoms. The predicted octanol–water partition coefficient (Wildman–Crippen LogP) is 3.26. The summed E-state index contributed by atoms with van der Waals surface area (Å²) in [4.78, 5) is 16.0. The summed E-state index contributed by atoms with van der Waals surface area (Å²) in [6.07, 6.45) is 0. The first-order valence-electron chi connectivity index (χ1n) is 4.30. The standard InChI is InChI=1S/C10H8ClNO2S/c1-4-3-6-7(11)8(10(13)14)15-9(6)12-5(4)2/h3H,1-2H3,(H,13,14). The van der Waals surface area contributed by atoms with Gasteiger partial charge in [0.25, 0.3) is 0 Å². The molecule has 15 heavy (non-hydrogen) atoms. The maximum absolute atomic E-state index is 10.9. The van der Waals surface area contributed by atoms with Gasteiger partial charge in [-0.2, -0.15) is 0 Å². The number of nitrogens with zero attached hydrogens (tertiary/aromatic N) is 1. The second-order valence-electron chi connectivity index (χ2n) is 3.29. The summed E-state index contributed by atoms with van der Waals surface area (Å²) < 4.78 is 0. The Morgan fingerprint density at radius 1 is 1.53 bits per heavy atom. The van der Waals surface area contributed by atoms with Crippen LogP contribution in [0.15, 0.2) is 6.07 Å². The Balaban J connectivity index is 2.83. The zero-order valence-corrected chi connectivity index (χ0v) is 9.74. The molecular weight excluding hydrogens is 234 g/mol. The monoisotopic (exact) mass is 241 g/mol. The van der Waals surface area contributed by atoms with Gasteiger partial charge in [-0.3, -0.25) is 0 Å². The smallest absolute Gasteiger partial charge is 0.347 e. The number of hydrogen-bond acceptors (Lipinski definition) is 3. The van der Waals surface area contributed by atoms with E-state index in [2.05, 4.69) is 4.98 Å². The third kappa shape index (κ3) is 1.60. The summed E-state index contributed by atoms with van der Waals surface area (Å²) in [5, 5.41) is 9.92. The van der Waals surface area contributed by atoms with Gasteiger partial charge in [0, 0.05) is 11.1 Å². The Morgan fingerprint density at radius 3 is 2.80 bits per heavy atom. The molecule has 0 atom stereocenters. The van der Waals surface area contributed by atoms with Crippen molar-refractivity contribution >= 4 is 39.1 Å². The average molecular weight is 242 g/mol. The quantitative estimate of drug-likeness (QED) is 0.834. The van der Waals surface area contributed by atoms with Crippen LogP contribution in [0.2, 0.25) is 5.02 Å². The van der Waals surface area contributed by atoms with E-state index in [4.69, 9.17) is 16.7 Å². The molecule has 3 nitrogen and oxygen atoms in total. The number of rotatable bonds is 1. The number of aromatic carboxylic acids is 1. The number of fused-ring (bicyclic) bond motifs is 1. The number of thiophene rings is 1. The van der Waals surface area contributed by atoms with Crippen LogP contribution in [0, 0.1) is 13.8 Å². The van der Waals surface area contributed by atoms with Crippen molar-refractivity contribution in [2.45, 2.75) is 13.8 Å². The Kier molecular flexibility index (Phi) is 2.40. The molecule has 0 saturated carbocycles. The molecule has 2 aromatic heterocycles. The van der Waals surface area contributed by atoms with Crippen LogP contribution in [0.4, 0.5) is 0 Å². The minimum Gasteiger partial charge on any atom is -0.477 e. The summed E-state index contributed by atoms with van der Waals surface area (Å²) in [5.41, 5.74) is 1.91. The van der Waals surface area contributed by atoms with Gasteiger partial charge in [0.2, 0.25) is 0 Å². The number of aromatic nitrogens is 1. The zero-order valence-electron chi connectivity index (χ0n) is 8.17. The molecule has 0 aliphatic rings. The van der Waals surface area contributed by atoms with Crippen molar-refractivity contribution in [2.75, 3.05) is 0 Å². The van der Waals surface area contributed by atoms with Crippen molar-refractivity contribution in [2.24, 2.45) is 0 Å². The fraction of sp³-hybridized carbons (Fsp3) is 0.200. The Morgan fingerprint density at radius 2 is 2.20 bits per heavy atom. The van der Waals surface area contributed by atoms with E-state index in [1.165, 1.54) is 0 Å². The lowest BCUT2D eigenvalue weighted by Crippen LogP contribution is -1.91. The number of halogens is 1. The number of aryl methyl sites for hydroxylation is 2. The highest BCUT2D eigenvalue weighted by atomic mass is 35.5. The minimum absolute atomic E-state index is 0.157. The van der Waals surface area contributed by atoms with Gasteiger partial charge in [-0.1, -0.05) is 11.6 Å². The van der Waals surface area contributed by atoms with Crippen molar-refractivity contribution in [1.29, 1.82) is 0 Å². The van der Waals surface area contributed by atoms with Gasteiger partial charge in [0.05, 0.1) is 5.02 Å². The molecule has 0 spiro atoms. The van der Waals surface area contributed by atoms with E-state index >= 15 is 0 Å². The zero-order chi connectivity index (χ0) is 11.2. The number of hydrogen-bond donors (Lipinski definition) is 1. The van der Waals surface area contributed by atoms with E-state index in [0.29, 0.717) is 4.83 Å². The van der Waals surface area contributed by atoms with Crippen LogP contribution in [0.3, 0.4) is 0 Å². The maximum Gasteiger partial charge on any atom is 0.347 e. The Hall–Kier alpha value is -1.13. The number of carboxylic acid groups (broad SMARTS) is 1. The molecule has 78 valence electrons. The highest BCUT2D eigenvalue weighted by Crippen LogP contribution is 2.35. The molecule has 0 aliphatic heterocycles. The average Bonchev–Trinajstić information content (AvgIpc) is 2.46. The molecule has 0 aliphatic carbocycles. The van der Waals surface area contributed by atoms with E-state index in [-0.39, 0.29) is 9.90 Å². The lowest BCUT2D eigenvalue weighted by Gasteiger charge is -1.97. The van der Waals surface area contributed by atoms with Crippen molar-refractivity contribution < 1.29 is 9.90 Å². The number of pyridine rings is 1. The van der Waals surface area contributed by atoms with Gasteiger partial charge in [-0.05, 0) is 25.5 Å². The Labute approximate surface area is 95.3 Å². The molecule has 2 rings (SSSR count). The lowest BCUT2D eigenvalue weighted by atomic mass is 10.2. The minimum atomic E-state index is -1.00. The molecule has 2 heterocycles. The first kappa shape index (κ1) is 10.4. The summed E-state index contributed by atoms with van der Waals surface area (Å²) in [6.45, 7) is 3.82. The summed E-state index contributed by atoms with van der Waals surface area (Å²) >= 11 is 7.08. The highest BCUT2D eigenvalue weighted by Gasteiger charge is 2.17. The molecule has 0 bridgehead atoms. The van der Waals surface area contributed by atoms with Gasteiger partial charge < -0.3 is 5.11 Å². The second-order valence-corrected chi connectivity index (χ2v) is 4.67. The molecule has 2 aromatic rings. The number of carboxylic acids is 1. The van der Waals surface area contributed by atoms with Crippen molar-refractivity contribution in [3.63, 3.8) is 0 Å². The van der Waals surface area contributed by atoms with Crippen LogP contribution in [0.5, 0.6) is 0 Å². The third-order valence-corrected chi connectivity index (χ3v) is 3.85. The largest absolute Gasteiger partial charge is 0.477 e. The molecule has 0 amide bonds. The van der Waals surface area contributed by atoms with Crippen molar-refractivity contribution in [3.8, 4) is 0 Å². The van der Waals surface area contributed by atoms with Gasteiger partial charge >= 0.3 is 5.97 Å². The van der Waals surface area contributed by atoms with Crippen LogP contribution in [-0.2, 0) is 0 Å². The topological polar surface area (TPSA) is 50.2 Å². The van der Waals surface area contributed by atoms with Gasteiger partial charge in [0.15, 0.2) is 0 Å². The lowest BCUT2D eigenvalue weighted by molar-refractivity contribution is 0.0702. The van der Waals surface area contributed by atoms with E-state index in [9.17, 15) is 4.79 Å². The second kappa shape index (κ2) is 3.47. The fourth-order valence-electron chi connectivity index (χ4n) is 1.32. The molecule has 0 radical (unpaired) electrons. The number of carbonyl (C=O) groups is 1. The molecule has 0 aromatic carbocycles. The summed E-state index contributed by atoms with van der Waals surface area (Å²) in [5.74, 6) is -1.00. The van der Waals surface area contributed by atoms with E-state index < -0.39 is 5.97 Å². The van der Waals surface area contributed by atoms with Crippen LogP contribution < -0.4 is 0 Å². The van der Waals surface area contributed by atoms with Crippen molar-refractivity contribution in [3.05, 3.63) is 27.2 Å². The Bertz CT molecular complexity index is 562. The van der Waals surface area contributed by atoms with E-state index in [1.54, 1.807) is 0 Å². The molecule has 0 unspecified atom stereocenters. The molecular formula is C10H8ClNO2S. The molecule has 0 saturated heterocycles. The third-order valence-electron chi connectivity index (χ3n) is 2.26. The van der Waals surface area contributed by atoms with E-state index in [1.807, 2.05) is 19.9 Å². The summed E-state index contributed by atoms with van der Waals surface area (Å²) in [6, 6.07) is 1.88.